The quantitative estimate of drug-likeness (QED) is 0.474. The van der Waals surface area contributed by atoms with Gasteiger partial charge in [0.15, 0.2) is 5.58 Å². The van der Waals surface area contributed by atoms with Gasteiger partial charge in [-0.3, -0.25) is 0 Å². The smallest absolute Gasteiger partial charge is 0.410 e. The van der Waals surface area contributed by atoms with Gasteiger partial charge >= 0.3 is 6.09 Å². The number of nitrogens with zero attached hydrogens (tertiary/aromatic N) is 3. The van der Waals surface area contributed by atoms with Crippen LogP contribution in [-0.4, -0.2) is 34.8 Å². The molecular formula is C27H31N3O3. The van der Waals surface area contributed by atoms with Crippen LogP contribution in [0.3, 0.4) is 0 Å². The normalized spacial score (nSPS) is 14.9. The predicted octanol–water partition coefficient (Wildman–Crippen LogP) is 6.25. The van der Waals surface area contributed by atoms with Crippen molar-refractivity contribution in [2.45, 2.75) is 59.0 Å². The first-order valence-corrected chi connectivity index (χ1v) is 11.6. The Balaban J connectivity index is 1.39. The van der Waals surface area contributed by atoms with Crippen LogP contribution < -0.4 is 0 Å². The van der Waals surface area contributed by atoms with Crippen LogP contribution in [0.2, 0.25) is 0 Å². The molecule has 1 amide bonds. The highest BCUT2D eigenvalue weighted by Crippen LogP contribution is 2.33. The van der Waals surface area contributed by atoms with Gasteiger partial charge in [0, 0.05) is 24.0 Å². The number of aromatic nitrogens is 1. The summed E-state index contributed by atoms with van der Waals surface area (Å²) in [6, 6.07) is 14.0. The number of likely N-dealkylation sites (tertiary alicyclic amines) is 1. The molecule has 0 unspecified atom stereocenters. The lowest BCUT2D eigenvalue weighted by molar-refractivity contribution is 0.0181. The lowest BCUT2D eigenvalue weighted by Gasteiger charge is -2.33. The molecule has 0 saturated carbocycles. The van der Waals surface area contributed by atoms with Crippen LogP contribution >= 0.6 is 0 Å². The fraction of sp³-hybridized carbons (Fsp3) is 0.444. The Kier molecular flexibility index (Phi) is 6.42. The molecule has 1 fully saturated rings. The molecule has 2 aromatic carbocycles. The standard InChI is InChI=1S/C27H31N3O3/c1-18-22(21-8-5-20(17-28)6-9-21)10-11-23-24(29-33-25(18)23)12-7-19-13-15-30(16-14-19)26(31)32-27(2,3)4/h5-6,8-11,19H,7,12-16H2,1-4H3. The van der Waals surface area contributed by atoms with Gasteiger partial charge in [-0.05, 0) is 88.6 Å². The zero-order valence-corrected chi connectivity index (χ0v) is 19.9. The van der Waals surface area contributed by atoms with Crippen LogP contribution in [0.4, 0.5) is 4.79 Å². The molecule has 0 radical (unpaired) electrons. The van der Waals surface area contributed by atoms with Gasteiger partial charge in [-0.1, -0.05) is 23.4 Å². The third-order valence-electron chi connectivity index (χ3n) is 6.34. The molecule has 1 aliphatic rings. The van der Waals surface area contributed by atoms with Crippen LogP contribution in [0, 0.1) is 24.2 Å². The van der Waals surface area contributed by atoms with E-state index in [-0.39, 0.29) is 6.09 Å². The minimum absolute atomic E-state index is 0.211. The molecule has 0 atom stereocenters. The summed E-state index contributed by atoms with van der Waals surface area (Å²) in [4.78, 5) is 14.1. The maximum Gasteiger partial charge on any atom is 0.410 e. The maximum absolute atomic E-state index is 12.3. The predicted molar refractivity (Wildman–Crippen MR) is 128 cm³/mol. The summed E-state index contributed by atoms with van der Waals surface area (Å²) >= 11 is 0. The lowest BCUT2D eigenvalue weighted by Crippen LogP contribution is -2.41. The number of hydrogen-bond donors (Lipinski definition) is 0. The van der Waals surface area contributed by atoms with Gasteiger partial charge in [0.1, 0.15) is 5.60 Å². The molecule has 0 bridgehead atoms. The van der Waals surface area contributed by atoms with Crippen molar-refractivity contribution in [3.05, 3.63) is 53.2 Å². The molecule has 4 rings (SSSR count). The van der Waals surface area contributed by atoms with Crippen LogP contribution in [0.25, 0.3) is 22.1 Å². The average Bonchev–Trinajstić information content (AvgIpc) is 3.21. The molecule has 2 heterocycles. The highest BCUT2D eigenvalue weighted by Gasteiger charge is 2.27. The van der Waals surface area contributed by atoms with Crippen molar-refractivity contribution >= 4 is 17.1 Å². The Labute approximate surface area is 195 Å². The van der Waals surface area contributed by atoms with E-state index in [2.05, 4.69) is 30.3 Å². The summed E-state index contributed by atoms with van der Waals surface area (Å²) in [5.74, 6) is 0.564. The van der Waals surface area contributed by atoms with Crippen molar-refractivity contribution in [1.82, 2.24) is 10.1 Å². The van der Waals surface area contributed by atoms with E-state index in [9.17, 15) is 4.79 Å². The van der Waals surface area contributed by atoms with Crippen molar-refractivity contribution in [3.63, 3.8) is 0 Å². The molecule has 33 heavy (non-hydrogen) atoms. The molecule has 1 aromatic heterocycles. The molecule has 6 heteroatoms. The summed E-state index contributed by atoms with van der Waals surface area (Å²) in [5, 5.41) is 14.5. The molecule has 6 nitrogen and oxygen atoms in total. The van der Waals surface area contributed by atoms with Gasteiger partial charge in [-0.15, -0.1) is 0 Å². The lowest BCUT2D eigenvalue weighted by atomic mass is 9.91. The zero-order chi connectivity index (χ0) is 23.6. The first-order valence-electron chi connectivity index (χ1n) is 11.6. The Morgan fingerprint density at radius 3 is 2.52 bits per heavy atom. The Bertz CT molecular complexity index is 1170. The van der Waals surface area contributed by atoms with Crippen molar-refractivity contribution < 1.29 is 14.1 Å². The average molecular weight is 446 g/mol. The third kappa shape index (κ3) is 5.19. The van der Waals surface area contributed by atoms with E-state index < -0.39 is 5.60 Å². The van der Waals surface area contributed by atoms with Gasteiger partial charge < -0.3 is 14.2 Å². The zero-order valence-electron chi connectivity index (χ0n) is 19.9. The number of rotatable bonds is 4. The van der Waals surface area contributed by atoms with Crippen molar-refractivity contribution in [2.75, 3.05) is 13.1 Å². The summed E-state index contributed by atoms with van der Waals surface area (Å²) in [6.45, 7) is 9.23. The number of fused-ring (bicyclic) bond motifs is 1. The maximum atomic E-state index is 12.3. The molecule has 0 aliphatic carbocycles. The SMILES string of the molecule is Cc1c(-c2ccc(C#N)cc2)ccc2c(CCC3CCN(C(=O)OC(C)(C)C)CC3)noc12. The van der Waals surface area contributed by atoms with E-state index >= 15 is 0 Å². The highest BCUT2D eigenvalue weighted by molar-refractivity contribution is 5.89. The van der Waals surface area contributed by atoms with E-state index in [1.807, 2.05) is 49.9 Å². The molecule has 1 saturated heterocycles. The first-order chi connectivity index (χ1) is 15.7. The minimum atomic E-state index is -0.458. The van der Waals surface area contributed by atoms with Gasteiger partial charge in [-0.25, -0.2) is 4.79 Å². The van der Waals surface area contributed by atoms with Gasteiger partial charge in [0.25, 0.3) is 0 Å². The molecule has 3 aromatic rings. The van der Waals surface area contributed by atoms with E-state index in [4.69, 9.17) is 14.5 Å². The summed E-state index contributed by atoms with van der Waals surface area (Å²) in [5.41, 5.74) is 5.21. The summed E-state index contributed by atoms with van der Waals surface area (Å²) < 4.78 is 11.2. The number of carbonyl (C=O) groups is 1. The molecule has 1 aliphatic heterocycles. The first kappa shape index (κ1) is 22.8. The number of aryl methyl sites for hydroxylation is 2. The van der Waals surface area contributed by atoms with Crippen LogP contribution in [0.5, 0.6) is 0 Å². The molecular weight excluding hydrogens is 414 g/mol. The third-order valence-corrected chi connectivity index (χ3v) is 6.34. The number of amides is 1. The highest BCUT2D eigenvalue weighted by atomic mass is 16.6. The fourth-order valence-electron chi connectivity index (χ4n) is 4.48. The largest absolute Gasteiger partial charge is 0.444 e. The monoisotopic (exact) mass is 445 g/mol. The second-order valence-electron chi connectivity index (χ2n) is 9.88. The Morgan fingerprint density at radius 2 is 1.88 bits per heavy atom. The van der Waals surface area contributed by atoms with E-state index in [0.717, 1.165) is 72.1 Å². The number of benzene rings is 2. The number of hydrogen-bond acceptors (Lipinski definition) is 5. The van der Waals surface area contributed by atoms with Gasteiger partial charge in [-0.2, -0.15) is 5.26 Å². The van der Waals surface area contributed by atoms with Crippen LogP contribution in [0.15, 0.2) is 40.9 Å². The van der Waals surface area contributed by atoms with E-state index in [1.165, 1.54) is 0 Å². The second-order valence-corrected chi connectivity index (χ2v) is 9.88. The number of piperidine rings is 1. The minimum Gasteiger partial charge on any atom is -0.444 e. The summed E-state index contributed by atoms with van der Waals surface area (Å²) in [6.07, 6.45) is 3.64. The van der Waals surface area contributed by atoms with E-state index in [1.54, 1.807) is 0 Å². The fourth-order valence-corrected chi connectivity index (χ4v) is 4.48. The topological polar surface area (TPSA) is 79.4 Å². The summed E-state index contributed by atoms with van der Waals surface area (Å²) in [7, 11) is 0. The Hall–Kier alpha value is -3.33. The van der Waals surface area contributed by atoms with Crippen molar-refractivity contribution in [2.24, 2.45) is 5.92 Å². The second kappa shape index (κ2) is 9.27. The number of nitriles is 1. The number of ether oxygens (including phenoxy) is 1. The van der Waals surface area contributed by atoms with Crippen molar-refractivity contribution in [3.8, 4) is 17.2 Å². The molecule has 172 valence electrons. The Morgan fingerprint density at radius 1 is 1.18 bits per heavy atom. The van der Waals surface area contributed by atoms with Crippen LogP contribution in [-0.2, 0) is 11.2 Å². The molecule has 0 N–H and O–H groups in total. The van der Waals surface area contributed by atoms with Crippen molar-refractivity contribution in [1.29, 1.82) is 5.26 Å². The molecule has 0 spiro atoms. The van der Waals surface area contributed by atoms with Crippen LogP contribution in [0.1, 0.15) is 56.9 Å². The van der Waals surface area contributed by atoms with Gasteiger partial charge in [0.2, 0.25) is 0 Å². The van der Waals surface area contributed by atoms with E-state index in [0.29, 0.717) is 11.5 Å². The number of carbonyl (C=O) groups excluding carboxylic acids is 1. The van der Waals surface area contributed by atoms with Gasteiger partial charge in [0.05, 0.1) is 17.3 Å².